The molecule has 0 saturated carbocycles. The monoisotopic (exact) mass is 390 g/mol. The van der Waals surface area contributed by atoms with Gasteiger partial charge < -0.3 is 15.4 Å². The molecule has 0 aliphatic rings. The smallest absolute Gasteiger partial charge is 0.270 e. The van der Waals surface area contributed by atoms with Crippen LogP contribution in [0.15, 0.2) is 60.7 Å². The largest absolute Gasteiger partial charge is 0.496 e. The molecular formula is C23H26N4O2. The molecule has 0 aliphatic carbocycles. The predicted molar refractivity (Wildman–Crippen MR) is 115 cm³/mol. The molecule has 1 aromatic heterocycles. The molecule has 0 aliphatic heterocycles. The zero-order valence-electron chi connectivity index (χ0n) is 16.8. The van der Waals surface area contributed by atoms with Crippen LogP contribution >= 0.6 is 0 Å². The van der Waals surface area contributed by atoms with E-state index in [0.29, 0.717) is 30.4 Å². The molecule has 0 saturated heterocycles. The van der Waals surface area contributed by atoms with Gasteiger partial charge in [0.2, 0.25) is 0 Å². The zero-order valence-corrected chi connectivity index (χ0v) is 16.8. The van der Waals surface area contributed by atoms with Crippen LogP contribution in [0, 0.1) is 0 Å². The van der Waals surface area contributed by atoms with E-state index in [1.165, 1.54) is 0 Å². The molecule has 2 aromatic carbocycles. The lowest BCUT2D eigenvalue weighted by atomic mass is 10.1. The fraction of sp³-hybridized carbons (Fsp3) is 0.261. The number of methoxy groups -OCH3 is 1. The number of nitrogens with one attached hydrogen (secondary N) is 2. The van der Waals surface area contributed by atoms with Gasteiger partial charge in [-0.25, -0.2) is 9.97 Å². The summed E-state index contributed by atoms with van der Waals surface area (Å²) in [5.74, 6) is 1.81. The molecule has 0 fully saturated rings. The summed E-state index contributed by atoms with van der Waals surface area (Å²) in [5, 5.41) is 6.20. The van der Waals surface area contributed by atoms with Crippen molar-refractivity contribution >= 4 is 11.7 Å². The number of aromatic nitrogens is 2. The van der Waals surface area contributed by atoms with Crippen molar-refractivity contribution in [1.82, 2.24) is 15.3 Å². The summed E-state index contributed by atoms with van der Waals surface area (Å²) in [6.07, 6.45) is 1.64. The van der Waals surface area contributed by atoms with Gasteiger partial charge in [-0.15, -0.1) is 0 Å². The summed E-state index contributed by atoms with van der Waals surface area (Å²) < 4.78 is 5.41. The first kappa shape index (κ1) is 20.3. The van der Waals surface area contributed by atoms with E-state index >= 15 is 0 Å². The van der Waals surface area contributed by atoms with Crippen molar-refractivity contribution in [2.75, 3.05) is 25.5 Å². The minimum Gasteiger partial charge on any atom is -0.496 e. The van der Waals surface area contributed by atoms with Crippen molar-refractivity contribution in [3.05, 3.63) is 71.9 Å². The van der Waals surface area contributed by atoms with Crippen LogP contribution < -0.4 is 15.4 Å². The number of carbonyl (C=O) groups excluding carboxylic acids is 1. The summed E-state index contributed by atoms with van der Waals surface area (Å²) in [5.41, 5.74) is 2.33. The van der Waals surface area contributed by atoms with E-state index in [4.69, 9.17) is 4.74 Å². The Labute approximate surface area is 171 Å². The molecule has 2 N–H and O–H groups in total. The highest BCUT2D eigenvalue weighted by Gasteiger charge is 2.13. The van der Waals surface area contributed by atoms with Gasteiger partial charge in [0.05, 0.1) is 7.11 Å². The number of anilines is 1. The number of nitrogens with zero attached hydrogens (tertiary/aromatic N) is 2. The second-order valence-corrected chi connectivity index (χ2v) is 6.57. The molecule has 6 nitrogen and oxygen atoms in total. The maximum absolute atomic E-state index is 12.5. The molecule has 1 amide bonds. The van der Waals surface area contributed by atoms with Gasteiger partial charge in [-0.3, -0.25) is 4.79 Å². The fourth-order valence-electron chi connectivity index (χ4n) is 2.93. The predicted octanol–water partition coefficient (Wildman–Crippen LogP) is 3.95. The Hall–Kier alpha value is -3.41. The number of rotatable bonds is 9. The summed E-state index contributed by atoms with van der Waals surface area (Å²) in [6, 6.07) is 19.3. The van der Waals surface area contributed by atoms with Crippen LogP contribution in [-0.4, -0.2) is 36.1 Å². The van der Waals surface area contributed by atoms with E-state index in [2.05, 4.69) is 20.6 Å². The van der Waals surface area contributed by atoms with Gasteiger partial charge in [0.25, 0.3) is 5.91 Å². The van der Waals surface area contributed by atoms with Gasteiger partial charge in [0, 0.05) is 24.7 Å². The van der Waals surface area contributed by atoms with Crippen LogP contribution in [0.2, 0.25) is 0 Å². The first-order valence-corrected chi connectivity index (χ1v) is 9.79. The van der Waals surface area contributed by atoms with Crippen molar-refractivity contribution in [3.63, 3.8) is 0 Å². The van der Waals surface area contributed by atoms with Gasteiger partial charge in [-0.2, -0.15) is 0 Å². The Morgan fingerprint density at radius 2 is 1.76 bits per heavy atom. The number of ether oxygens (including phenoxy) is 1. The van der Waals surface area contributed by atoms with Crippen molar-refractivity contribution in [1.29, 1.82) is 0 Å². The standard InChI is InChI=1S/C23H26N4O2/c1-3-14-25-23(28)19-16-21(27-22(26-19)18-10-5-4-6-11-18)24-15-13-17-9-7-8-12-20(17)29-2/h4-12,16H,3,13-15H2,1-2H3,(H,25,28)(H,24,26,27). The third-order valence-corrected chi connectivity index (χ3v) is 4.42. The normalized spacial score (nSPS) is 10.4. The number of hydrogen-bond donors (Lipinski definition) is 2. The molecule has 0 atom stereocenters. The van der Waals surface area contributed by atoms with Gasteiger partial charge in [0.1, 0.15) is 17.3 Å². The second kappa shape index (κ2) is 10.2. The van der Waals surface area contributed by atoms with E-state index in [1.54, 1.807) is 13.2 Å². The topological polar surface area (TPSA) is 76.1 Å². The molecule has 1 heterocycles. The molecule has 0 unspecified atom stereocenters. The van der Waals surface area contributed by atoms with Crippen molar-refractivity contribution < 1.29 is 9.53 Å². The number of carbonyl (C=O) groups is 1. The summed E-state index contributed by atoms with van der Waals surface area (Å²) in [4.78, 5) is 21.5. The van der Waals surface area contributed by atoms with Crippen molar-refractivity contribution in [2.24, 2.45) is 0 Å². The minimum absolute atomic E-state index is 0.195. The lowest BCUT2D eigenvalue weighted by molar-refractivity contribution is 0.0948. The number of amides is 1. The summed E-state index contributed by atoms with van der Waals surface area (Å²) in [7, 11) is 1.67. The fourth-order valence-corrected chi connectivity index (χ4v) is 2.93. The minimum atomic E-state index is -0.195. The van der Waals surface area contributed by atoms with Gasteiger partial charge in [-0.1, -0.05) is 55.5 Å². The third-order valence-electron chi connectivity index (χ3n) is 4.42. The molecule has 0 radical (unpaired) electrons. The lowest BCUT2D eigenvalue weighted by Crippen LogP contribution is -2.25. The molecule has 0 spiro atoms. The Balaban J connectivity index is 1.80. The molecule has 3 aromatic rings. The Morgan fingerprint density at radius 3 is 2.52 bits per heavy atom. The maximum atomic E-state index is 12.5. The van der Waals surface area contributed by atoms with Crippen molar-refractivity contribution in [2.45, 2.75) is 19.8 Å². The van der Waals surface area contributed by atoms with Crippen LogP contribution in [0.4, 0.5) is 5.82 Å². The number of para-hydroxylation sites is 1. The number of hydrogen-bond acceptors (Lipinski definition) is 5. The summed E-state index contributed by atoms with van der Waals surface area (Å²) >= 11 is 0. The van der Waals surface area contributed by atoms with Gasteiger partial charge >= 0.3 is 0 Å². The van der Waals surface area contributed by atoms with Gasteiger partial charge in [0.15, 0.2) is 5.82 Å². The molecule has 6 heteroatoms. The molecular weight excluding hydrogens is 364 g/mol. The van der Waals surface area contributed by atoms with Crippen molar-refractivity contribution in [3.8, 4) is 17.1 Å². The zero-order chi connectivity index (χ0) is 20.5. The van der Waals surface area contributed by atoms with Crippen LogP contribution in [0.3, 0.4) is 0 Å². The maximum Gasteiger partial charge on any atom is 0.270 e. The van der Waals surface area contributed by atoms with Gasteiger partial charge in [-0.05, 0) is 24.5 Å². The quantitative estimate of drug-likeness (QED) is 0.579. The van der Waals surface area contributed by atoms with E-state index in [-0.39, 0.29) is 5.91 Å². The van der Waals surface area contributed by atoms with Crippen LogP contribution in [0.1, 0.15) is 29.4 Å². The van der Waals surface area contributed by atoms with Crippen LogP contribution in [-0.2, 0) is 6.42 Å². The highest BCUT2D eigenvalue weighted by molar-refractivity contribution is 5.93. The molecule has 0 bridgehead atoms. The van der Waals surface area contributed by atoms with E-state index in [1.807, 2.05) is 61.5 Å². The Kier molecular flexibility index (Phi) is 7.16. The first-order chi connectivity index (χ1) is 14.2. The van der Waals surface area contributed by atoms with Crippen LogP contribution in [0.25, 0.3) is 11.4 Å². The SMILES string of the molecule is CCCNC(=O)c1cc(NCCc2ccccc2OC)nc(-c2ccccc2)n1. The van der Waals surface area contributed by atoms with E-state index < -0.39 is 0 Å². The average Bonchev–Trinajstić information content (AvgIpc) is 2.78. The lowest BCUT2D eigenvalue weighted by Gasteiger charge is -2.12. The number of benzene rings is 2. The highest BCUT2D eigenvalue weighted by Crippen LogP contribution is 2.20. The average molecular weight is 390 g/mol. The Bertz CT molecular complexity index is 945. The molecule has 3 rings (SSSR count). The molecule has 29 heavy (non-hydrogen) atoms. The Morgan fingerprint density at radius 1 is 1.00 bits per heavy atom. The molecule has 150 valence electrons. The first-order valence-electron chi connectivity index (χ1n) is 9.79. The second-order valence-electron chi connectivity index (χ2n) is 6.57. The van der Waals surface area contributed by atoms with E-state index in [0.717, 1.165) is 29.7 Å². The van der Waals surface area contributed by atoms with E-state index in [9.17, 15) is 4.79 Å². The third kappa shape index (κ3) is 5.54. The highest BCUT2D eigenvalue weighted by atomic mass is 16.5. The summed E-state index contributed by atoms with van der Waals surface area (Å²) in [6.45, 7) is 3.28. The van der Waals surface area contributed by atoms with Crippen LogP contribution in [0.5, 0.6) is 5.75 Å².